The number of hydrazine groups is 1. The van der Waals surface area contributed by atoms with Crippen LogP contribution >= 0.6 is 0 Å². The summed E-state index contributed by atoms with van der Waals surface area (Å²) in [5, 5.41) is 0. The summed E-state index contributed by atoms with van der Waals surface area (Å²) < 4.78 is 36.8. The number of hydrogen-bond acceptors (Lipinski definition) is 4. The second-order valence-electron chi connectivity index (χ2n) is 5.57. The van der Waals surface area contributed by atoms with E-state index in [0.29, 0.717) is 11.5 Å². The van der Waals surface area contributed by atoms with E-state index in [1.807, 2.05) is 13.8 Å². The zero-order valence-corrected chi connectivity index (χ0v) is 14.4. The molecule has 2 aromatic carbocycles. The van der Waals surface area contributed by atoms with Crippen LogP contribution in [0.5, 0.6) is 11.5 Å². The molecule has 0 saturated carbocycles. The average molecular weight is 364 g/mol. The number of carbonyl (C=O) groups excluding carboxylic acids is 2. The SMILES string of the molecule is COc1cc(C(=O)NNC(=O)c2ccc(F)c(F)c2)ccc1OC(C)C. The Kier molecular flexibility index (Phi) is 6.11. The first-order valence-corrected chi connectivity index (χ1v) is 7.72. The number of methoxy groups -OCH3 is 1. The number of ether oxygens (including phenoxy) is 2. The van der Waals surface area contributed by atoms with Crippen LogP contribution in [0, 0.1) is 11.6 Å². The number of nitrogens with one attached hydrogen (secondary N) is 2. The minimum Gasteiger partial charge on any atom is -0.493 e. The first-order valence-electron chi connectivity index (χ1n) is 7.72. The molecule has 26 heavy (non-hydrogen) atoms. The van der Waals surface area contributed by atoms with Gasteiger partial charge in [-0.15, -0.1) is 0 Å². The molecular weight excluding hydrogens is 346 g/mol. The van der Waals surface area contributed by atoms with Crippen molar-refractivity contribution < 1.29 is 27.8 Å². The lowest BCUT2D eigenvalue weighted by atomic mass is 10.2. The quantitative estimate of drug-likeness (QED) is 0.800. The molecule has 2 aromatic rings. The molecule has 8 heteroatoms. The molecule has 0 radical (unpaired) electrons. The Balaban J connectivity index is 2.05. The van der Waals surface area contributed by atoms with Crippen LogP contribution in [-0.2, 0) is 0 Å². The lowest BCUT2D eigenvalue weighted by molar-refractivity contribution is 0.0846. The molecule has 0 heterocycles. The van der Waals surface area contributed by atoms with Crippen molar-refractivity contribution in [3.05, 3.63) is 59.2 Å². The Hall–Kier alpha value is -3.16. The van der Waals surface area contributed by atoms with Gasteiger partial charge in [0.05, 0.1) is 13.2 Å². The number of amides is 2. The summed E-state index contributed by atoms with van der Waals surface area (Å²) in [7, 11) is 1.44. The van der Waals surface area contributed by atoms with Crippen molar-refractivity contribution in [1.29, 1.82) is 0 Å². The highest BCUT2D eigenvalue weighted by Crippen LogP contribution is 2.28. The van der Waals surface area contributed by atoms with E-state index in [0.717, 1.165) is 18.2 Å². The van der Waals surface area contributed by atoms with Crippen LogP contribution < -0.4 is 20.3 Å². The Bertz CT molecular complexity index is 825. The van der Waals surface area contributed by atoms with E-state index >= 15 is 0 Å². The van der Waals surface area contributed by atoms with Crippen molar-refractivity contribution in [2.24, 2.45) is 0 Å². The number of rotatable bonds is 5. The molecule has 6 nitrogen and oxygen atoms in total. The summed E-state index contributed by atoms with van der Waals surface area (Å²) in [4.78, 5) is 24.0. The van der Waals surface area contributed by atoms with Crippen LogP contribution in [0.15, 0.2) is 36.4 Å². The average Bonchev–Trinajstić information content (AvgIpc) is 2.61. The molecule has 138 valence electrons. The van der Waals surface area contributed by atoms with Crippen LogP contribution in [0.4, 0.5) is 8.78 Å². The predicted octanol–water partition coefficient (Wildman–Crippen LogP) is 2.84. The summed E-state index contributed by atoms with van der Waals surface area (Å²) in [6.45, 7) is 3.71. The van der Waals surface area contributed by atoms with Gasteiger partial charge in [0, 0.05) is 11.1 Å². The van der Waals surface area contributed by atoms with Gasteiger partial charge in [-0.25, -0.2) is 8.78 Å². The van der Waals surface area contributed by atoms with Gasteiger partial charge in [0.25, 0.3) is 11.8 Å². The molecule has 0 atom stereocenters. The summed E-state index contributed by atoms with van der Waals surface area (Å²) in [6.07, 6.45) is -0.0704. The van der Waals surface area contributed by atoms with Crippen molar-refractivity contribution in [2.45, 2.75) is 20.0 Å². The molecule has 0 bridgehead atoms. The molecule has 0 aliphatic rings. The monoisotopic (exact) mass is 364 g/mol. The van der Waals surface area contributed by atoms with Crippen molar-refractivity contribution in [1.82, 2.24) is 10.9 Å². The largest absolute Gasteiger partial charge is 0.493 e. The molecule has 0 aliphatic carbocycles. The van der Waals surface area contributed by atoms with Gasteiger partial charge in [-0.2, -0.15) is 0 Å². The third-order valence-electron chi connectivity index (χ3n) is 3.26. The van der Waals surface area contributed by atoms with Gasteiger partial charge in [0.1, 0.15) is 0 Å². The normalized spacial score (nSPS) is 10.4. The molecule has 0 aliphatic heterocycles. The number of benzene rings is 2. The third kappa shape index (κ3) is 4.69. The molecule has 0 spiro atoms. The van der Waals surface area contributed by atoms with Crippen molar-refractivity contribution in [3.8, 4) is 11.5 Å². The van der Waals surface area contributed by atoms with Crippen molar-refractivity contribution in [2.75, 3.05) is 7.11 Å². The fourth-order valence-electron chi connectivity index (χ4n) is 2.06. The second-order valence-corrected chi connectivity index (χ2v) is 5.57. The molecule has 2 N–H and O–H groups in total. The molecule has 0 fully saturated rings. The number of hydrogen-bond donors (Lipinski definition) is 2. The summed E-state index contributed by atoms with van der Waals surface area (Å²) in [6, 6.07) is 7.18. The van der Waals surface area contributed by atoms with Crippen LogP contribution in [0.1, 0.15) is 34.6 Å². The van der Waals surface area contributed by atoms with Gasteiger partial charge < -0.3 is 9.47 Å². The van der Waals surface area contributed by atoms with E-state index in [1.54, 1.807) is 6.07 Å². The van der Waals surface area contributed by atoms with Gasteiger partial charge in [0.2, 0.25) is 0 Å². The molecule has 0 unspecified atom stereocenters. The topological polar surface area (TPSA) is 76.7 Å². The first-order chi connectivity index (χ1) is 12.3. The highest BCUT2D eigenvalue weighted by molar-refractivity contribution is 5.99. The molecule has 0 saturated heterocycles. The molecule has 0 aromatic heterocycles. The summed E-state index contributed by atoms with van der Waals surface area (Å²) >= 11 is 0. The molecular formula is C18H18F2N2O4. The van der Waals surface area contributed by atoms with E-state index in [1.165, 1.54) is 19.2 Å². The van der Waals surface area contributed by atoms with E-state index in [2.05, 4.69) is 10.9 Å². The van der Waals surface area contributed by atoms with Crippen LogP contribution in [0.25, 0.3) is 0 Å². The van der Waals surface area contributed by atoms with E-state index in [4.69, 9.17) is 9.47 Å². The lowest BCUT2D eigenvalue weighted by Crippen LogP contribution is -2.41. The third-order valence-corrected chi connectivity index (χ3v) is 3.26. The Labute approximate surface area is 149 Å². The van der Waals surface area contributed by atoms with Gasteiger partial charge >= 0.3 is 0 Å². The first kappa shape index (κ1) is 19.2. The number of carbonyl (C=O) groups is 2. The smallest absolute Gasteiger partial charge is 0.269 e. The van der Waals surface area contributed by atoms with E-state index < -0.39 is 23.4 Å². The fourth-order valence-corrected chi connectivity index (χ4v) is 2.06. The van der Waals surface area contributed by atoms with Gasteiger partial charge in [-0.05, 0) is 50.2 Å². The number of halogens is 2. The zero-order chi connectivity index (χ0) is 19.3. The van der Waals surface area contributed by atoms with Crippen LogP contribution in [0.3, 0.4) is 0 Å². The molecule has 2 amide bonds. The fraction of sp³-hybridized carbons (Fsp3) is 0.222. The Morgan fingerprint density at radius 3 is 2.00 bits per heavy atom. The Morgan fingerprint density at radius 2 is 1.46 bits per heavy atom. The maximum atomic E-state index is 13.1. The van der Waals surface area contributed by atoms with E-state index in [9.17, 15) is 18.4 Å². The highest BCUT2D eigenvalue weighted by Gasteiger charge is 2.14. The van der Waals surface area contributed by atoms with Crippen LogP contribution in [0.2, 0.25) is 0 Å². The maximum Gasteiger partial charge on any atom is 0.269 e. The minimum atomic E-state index is -1.16. The van der Waals surface area contributed by atoms with E-state index in [-0.39, 0.29) is 17.2 Å². The standard InChI is InChI=1S/C18H18F2N2O4/c1-10(2)26-15-7-5-12(9-16(15)25-3)18(24)22-21-17(23)11-4-6-13(19)14(20)8-11/h4-10H,1-3H3,(H,21,23)(H,22,24). The zero-order valence-electron chi connectivity index (χ0n) is 14.4. The van der Waals surface area contributed by atoms with Gasteiger partial charge in [-0.1, -0.05) is 0 Å². The van der Waals surface area contributed by atoms with Crippen LogP contribution in [-0.4, -0.2) is 25.0 Å². The summed E-state index contributed by atoms with van der Waals surface area (Å²) in [5.41, 5.74) is 4.40. The minimum absolute atomic E-state index is 0.0704. The summed E-state index contributed by atoms with van der Waals surface area (Å²) in [5.74, 6) is -2.79. The van der Waals surface area contributed by atoms with Crippen molar-refractivity contribution in [3.63, 3.8) is 0 Å². The predicted molar refractivity (Wildman–Crippen MR) is 90.0 cm³/mol. The highest BCUT2D eigenvalue weighted by atomic mass is 19.2. The lowest BCUT2D eigenvalue weighted by Gasteiger charge is -2.14. The molecule has 2 rings (SSSR count). The maximum absolute atomic E-state index is 13.1. The van der Waals surface area contributed by atoms with Gasteiger partial charge in [0.15, 0.2) is 23.1 Å². The van der Waals surface area contributed by atoms with Gasteiger partial charge in [-0.3, -0.25) is 20.4 Å². The van der Waals surface area contributed by atoms with Crippen molar-refractivity contribution >= 4 is 11.8 Å². The second kappa shape index (κ2) is 8.28. The Morgan fingerprint density at radius 1 is 0.885 bits per heavy atom.